The van der Waals surface area contributed by atoms with Crippen LogP contribution in [0.5, 0.6) is 5.88 Å². The zero-order valence-corrected chi connectivity index (χ0v) is 11.9. The Balaban J connectivity index is 1.96. The highest BCUT2D eigenvalue weighted by Gasteiger charge is 2.18. The molecule has 0 atom stereocenters. The Hall–Kier alpha value is -1.85. The van der Waals surface area contributed by atoms with Crippen molar-refractivity contribution in [3.05, 3.63) is 40.5 Å². The van der Waals surface area contributed by atoms with Crippen molar-refractivity contribution in [1.82, 2.24) is 15.3 Å². The first kappa shape index (κ1) is 13.1. The van der Waals surface area contributed by atoms with Gasteiger partial charge in [-0.2, -0.15) is 4.98 Å². The zero-order valence-electron chi connectivity index (χ0n) is 11.1. The number of ether oxygens (including phenoxy) is 1. The highest BCUT2D eigenvalue weighted by atomic mass is 35.5. The van der Waals surface area contributed by atoms with Crippen LogP contribution in [0.3, 0.4) is 0 Å². The Morgan fingerprint density at radius 2 is 2.15 bits per heavy atom. The van der Waals surface area contributed by atoms with Crippen molar-refractivity contribution in [2.45, 2.75) is 13.0 Å². The Bertz CT molecular complexity index is 615. The number of nitrogens with zero attached hydrogens (tertiary/aromatic N) is 2. The van der Waals surface area contributed by atoms with Crippen molar-refractivity contribution in [3.8, 4) is 5.88 Å². The summed E-state index contributed by atoms with van der Waals surface area (Å²) in [4.78, 5) is 8.96. The molecule has 6 heteroatoms. The normalized spacial score (nSPS) is 13.7. The number of para-hydroxylation sites is 1. The summed E-state index contributed by atoms with van der Waals surface area (Å²) in [5, 5.41) is 7.07. The van der Waals surface area contributed by atoms with E-state index in [1.165, 1.54) is 0 Å². The summed E-state index contributed by atoms with van der Waals surface area (Å²) in [6.45, 7) is 1.66. The van der Waals surface area contributed by atoms with Gasteiger partial charge in [0, 0.05) is 25.1 Å². The SMILES string of the molecule is COc1nc(Nc2ccccc2Cl)nc2c1CNCC2. The molecule has 1 aromatic carbocycles. The molecule has 2 heterocycles. The fraction of sp³-hybridized carbons (Fsp3) is 0.286. The molecule has 0 fully saturated rings. The van der Waals surface area contributed by atoms with Gasteiger partial charge in [-0.1, -0.05) is 23.7 Å². The number of aromatic nitrogens is 2. The lowest BCUT2D eigenvalue weighted by Gasteiger charge is -2.19. The highest BCUT2D eigenvalue weighted by molar-refractivity contribution is 6.33. The van der Waals surface area contributed by atoms with Crippen LogP contribution < -0.4 is 15.4 Å². The van der Waals surface area contributed by atoms with E-state index in [2.05, 4.69) is 20.6 Å². The first-order chi connectivity index (χ1) is 9.78. The summed E-state index contributed by atoms with van der Waals surface area (Å²) >= 11 is 6.13. The van der Waals surface area contributed by atoms with E-state index in [1.807, 2.05) is 24.3 Å². The largest absolute Gasteiger partial charge is 0.481 e. The quantitative estimate of drug-likeness (QED) is 0.910. The zero-order chi connectivity index (χ0) is 13.9. The van der Waals surface area contributed by atoms with Crippen LogP contribution in [-0.4, -0.2) is 23.6 Å². The van der Waals surface area contributed by atoms with Crippen LogP contribution in [0, 0.1) is 0 Å². The Labute approximate surface area is 122 Å². The molecule has 1 aliphatic heterocycles. The van der Waals surface area contributed by atoms with Crippen molar-refractivity contribution >= 4 is 23.2 Å². The van der Waals surface area contributed by atoms with Gasteiger partial charge in [-0.05, 0) is 12.1 Å². The number of halogens is 1. The summed E-state index contributed by atoms with van der Waals surface area (Å²) in [5.41, 5.74) is 2.83. The van der Waals surface area contributed by atoms with Crippen molar-refractivity contribution < 1.29 is 4.74 Å². The summed E-state index contributed by atoms with van der Waals surface area (Å²) in [6.07, 6.45) is 0.866. The van der Waals surface area contributed by atoms with Crippen LogP contribution in [0.25, 0.3) is 0 Å². The van der Waals surface area contributed by atoms with Crippen molar-refractivity contribution in [2.75, 3.05) is 19.0 Å². The molecule has 20 heavy (non-hydrogen) atoms. The maximum absolute atomic E-state index is 6.13. The molecule has 2 aromatic rings. The monoisotopic (exact) mass is 290 g/mol. The summed E-state index contributed by atoms with van der Waals surface area (Å²) in [5.74, 6) is 1.12. The van der Waals surface area contributed by atoms with Gasteiger partial charge < -0.3 is 15.4 Å². The molecule has 3 rings (SSSR count). The molecule has 104 valence electrons. The number of anilines is 2. The van der Waals surface area contributed by atoms with Gasteiger partial charge in [-0.15, -0.1) is 0 Å². The summed E-state index contributed by atoms with van der Waals surface area (Å²) in [6, 6.07) is 7.50. The van der Waals surface area contributed by atoms with Crippen LogP contribution in [0.2, 0.25) is 5.02 Å². The molecule has 0 bridgehead atoms. The van der Waals surface area contributed by atoms with E-state index < -0.39 is 0 Å². The predicted octanol–water partition coefficient (Wildman–Crippen LogP) is 2.53. The van der Waals surface area contributed by atoms with E-state index >= 15 is 0 Å². The lowest BCUT2D eigenvalue weighted by Crippen LogP contribution is -2.26. The standard InChI is InChI=1S/C14H15ClN4O/c1-20-13-9-8-16-7-6-11(9)17-14(19-13)18-12-5-3-2-4-10(12)15/h2-5,16H,6-8H2,1H3,(H,17,18,19). The molecule has 1 aliphatic rings. The van der Waals surface area contributed by atoms with Gasteiger partial charge in [0.15, 0.2) is 0 Å². The fourth-order valence-electron chi connectivity index (χ4n) is 2.22. The van der Waals surface area contributed by atoms with E-state index in [1.54, 1.807) is 7.11 Å². The van der Waals surface area contributed by atoms with Gasteiger partial charge in [0.05, 0.1) is 23.5 Å². The van der Waals surface area contributed by atoms with Gasteiger partial charge >= 0.3 is 0 Å². The number of hydrogen-bond donors (Lipinski definition) is 2. The smallest absolute Gasteiger partial charge is 0.230 e. The summed E-state index contributed by atoms with van der Waals surface area (Å²) in [7, 11) is 1.62. The maximum Gasteiger partial charge on any atom is 0.230 e. The van der Waals surface area contributed by atoms with Crippen LogP contribution >= 0.6 is 11.6 Å². The van der Waals surface area contributed by atoms with Crippen LogP contribution in [-0.2, 0) is 13.0 Å². The molecule has 5 nitrogen and oxygen atoms in total. The molecule has 0 unspecified atom stereocenters. The van der Waals surface area contributed by atoms with Gasteiger partial charge in [0.25, 0.3) is 0 Å². The van der Waals surface area contributed by atoms with E-state index in [9.17, 15) is 0 Å². The van der Waals surface area contributed by atoms with E-state index in [0.29, 0.717) is 16.9 Å². The molecule has 1 aromatic heterocycles. The fourth-order valence-corrected chi connectivity index (χ4v) is 2.40. The first-order valence-corrected chi connectivity index (χ1v) is 6.82. The van der Waals surface area contributed by atoms with E-state index in [4.69, 9.17) is 16.3 Å². The molecule has 0 saturated heterocycles. The molecule has 0 spiro atoms. The van der Waals surface area contributed by atoms with Gasteiger partial charge in [-0.3, -0.25) is 0 Å². The van der Waals surface area contributed by atoms with Gasteiger partial charge in [-0.25, -0.2) is 4.98 Å². The topological polar surface area (TPSA) is 59.1 Å². The number of rotatable bonds is 3. The van der Waals surface area contributed by atoms with Crippen molar-refractivity contribution in [2.24, 2.45) is 0 Å². The number of benzene rings is 1. The minimum Gasteiger partial charge on any atom is -0.481 e. The van der Waals surface area contributed by atoms with Crippen LogP contribution in [0.15, 0.2) is 24.3 Å². The number of hydrogen-bond acceptors (Lipinski definition) is 5. The third kappa shape index (κ3) is 2.55. The highest BCUT2D eigenvalue weighted by Crippen LogP contribution is 2.27. The average molecular weight is 291 g/mol. The Morgan fingerprint density at radius 3 is 2.95 bits per heavy atom. The van der Waals surface area contributed by atoms with Crippen molar-refractivity contribution in [1.29, 1.82) is 0 Å². The number of fused-ring (bicyclic) bond motifs is 1. The molecule has 0 saturated carbocycles. The second kappa shape index (κ2) is 5.64. The number of nitrogens with one attached hydrogen (secondary N) is 2. The first-order valence-electron chi connectivity index (χ1n) is 6.44. The Kier molecular flexibility index (Phi) is 3.71. The number of methoxy groups -OCH3 is 1. The van der Waals surface area contributed by atoms with Crippen LogP contribution in [0.1, 0.15) is 11.3 Å². The maximum atomic E-state index is 6.13. The Morgan fingerprint density at radius 1 is 1.30 bits per heavy atom. The lowest BCUT2D eigenvalue weighted by molar-refractivity contribution is 0.386. The molecular weight excluding hydrogens is 276 g/mol. The van der Waals surface area contributed by atoms with E-state index in [0.717, 1.165) is 36.5 Å². The van der Waals surface area contributed by atoms with Crippen molar-refractivity contribution in [3.63, 3.8) is 0 Å². The minimum absolute atomic E-state index is 0.510. The third-order valence-corrected chi connectivity index (χ3v) is 3.54. The molecule has 0 radical (unpaired) electrons. The second-order valence-electron chi connectivity index (χ2n) is 4.51. The summed E-state index contributed by atoms with van der Waals surface area (Å²) < 4.78 is 5.36. The predicted molar refractivity (Wildman–Crippen MR) is 78.7 cm³/mol. The average Bonchev–Trinajstić information content (AvgIpc) is 2.49. The third-order valence-electron chi connectivity index (χ3n) is 3.21. The molecule has 0 amide bonds. The lowest BCUT2D eigenvalue weighted by atomic mass is 10.1. The van der Waals surface area contributed by atoms with Gasteiger partial charge in [0.2, 0.25) is 11.8 Å². The van der Waals surface area contributed by atoms with Gasteiger partial charge in [0.1, 0.15) is 0 Å². The minimum atomic E-state index is 0.510. The molecular formula is C14H15ClN4O. The second-order valence-corrected chi connectivity index (χ2v) is 4.92. The molecule has 2 N–H and O–H groups in total. The molecule has 0 aliphatic carbocycles. The van der Waals surface area contributed by atoms with E-state index in [-0.39, 0.29) is 0 Å². The van der Waals surface area contributed by atoms with Crippen LogP contribution in [0.4, 0.5) is 11.6 Å².